The quantitative estimate of drug-likeness (QED) is 0.814. The molecule has 1 unspecified atom stereocenters. The molecule has 0 amide bonds. The molecule has 1 heterocycles. The van der Waals surface area contributed by atoms with Crippen molar-refractivity contribution in [3.8, 4) is 0 Å². The number of aryl methyl sites for hydroxylation is 2. The van der Waals surface area contributed by atoms with E-state index in [-0.39, 0.29) is 5.54 Å². The maximum absolute atomic E-state index is 5.24. The maximum Gasteiger partial charge on any atom is 0.113 e. The van der Waals surface area contributed by atoms with Crippen molar-refractivity contribution in [3.05, 3.63) is 15.6 Å². The lowest BCUT2D eigenvalue weighted by Gasteiger charge is -2.35. The van der Waals surface area contributed by atoms with Gasteiger partial charge in [-0.2, -0.15) is 0 Å². The standard InChI is InChI=1S/C17H28N2OS/c1-17(18-11-12-20-2,13-7-3-4-8-13)16-19-14-9-5-6-10-15(14)21-16/h13,18H,3-12H2,1-2H3. The van der Waals surface area contributed by atoms with Gasteiger partial charge in [0.15, 0.2) is 0 Å². The molecule has 0 radical (unpaired) electrons. The van der Waals surface area contributed by atoms with Crippen LogP contribution in [0.4, 0.5) is 0 Å². The van der Waals surface area contributed by atoms with Gasteiger partial charge in [-0.05, 0) is 51.4 Å². The molecule has 1 aromatic rings. The first kappa shape index (κ1) is 15.4. The molecule has 4 heteroatoms. The summed E-state index contributed by atoms with van der Waals surface area (Å²) in [6.07, 6.45) is 10.5. The number of rotatable bonds is 6. The smallest absolute Gasteiger partial charge is 0.113 e. The van der Waals surface area contributed by atoms with Crippen LogP contribution in [0.2, 0.25) is 0 Å². The van der Waals surface area contributed by atoms with E-state index >= 15 is 0 Å². The molecule has 0 aromatic carbocycles. The lowest BCUT2D eigenvalue weighted by atomic mass is 9.84. The molecule has 1 fully saturated rings. The van der Waals surface area contributed by atoms with E-state index < -0.39 is 0 Å². The van der Waals surface area contributed by atoms with Gasteiger partial charge in [0, 0.05) is 18.5 Å². The van der Waals surface area contributed by atoms with Crippen LogP contribution < -0.4 is 5.32 Å². The van der Waals surface area contributed by atoms with Gasteiger partial charge < -0.3 is 10.1 Å². The summed E-state index contributed by atoms with van der Waals surface area (Å²) in [4.78, 5) is 6.61. The Balaban J connectivity index is 1.84. The first-order valence-corrected chi connectivity index (χ1v) is 9.28. The summed E-state index contributed by atoms with van der Waals surface area (Å²) in [5.41, 5.74) is 1.43. The second kappa shape index (κ2) is 6.76. The van der Waals surface area contributed by atoms with Crippen LogP contribution in [0.3, 0.4) is 0 Å². The van der Waals surface area contributed by atoms with Crippen LogP contribution in [0, 0.1) is 5.92 Å². The largest absolute Gasteiger partial charge is 0.383 e. The van der Waals surface area contributed by atoms with Gasteiger partial charge >= 0.3 is 0 Å². The molecule has 1 saturated carbocycles. The summed E-state index contributed by atoms with van der Waals surface area (Å²) in [5.74, 6) is 0.724. The monoisotopic (exact) mass is 308 g/mol. The van der Waals surface area contributed by atoms with Gasteiger partial charge in [0.05, 0.1) is 17.8 Å². The van der Waals surface area contributed by atoms with Crippen LogP contribution in [0.1, 0.15) is 61.0 Å². The highest BCUT2D eigenvalue weighted by atomic mass is 32.1. The van der Waals surface area contributed by atoms with Gasteiger partial charge in [0.1, 0.15) is 5.01 Å². The van der Waals surface area contributed by atoms with Gasteiger partial charge in [0.2, 0.25) is 0 Å². The van der Waals surface area contributed by atoms with Crippen LogP contribution in [-0.2, 0) is 23.1 Å². The number of nitrogens with one attached hydrogen (secondary N) is 1. The average molecular weight is 308 g/mol. The molecule has 2 aliphatic carbocycles. The lowest BCUT2D eigenvalue weighted by molar-refractivity contribution is 0.166. The molecular weight excluding hydrogens is 280 g/mol. The summed E-state index contributed by atoms with van der Waals surface area (Å²) < 4.78 is 5.24. The minimum atomic E-state index is 0.0387. The van der Waals surface area contributed by atoms with E-state index in [1.165, 1.54) is 62.1 Å². The molecule has 1 atom stereocenters. The summed E-state index contributed by atoms with van der Waals surface area (Å²) in [7, 11) is 1.77. The Labute approximate surface area is 132 Å². The third-order valence-corrected chi connectivity index (χ3v) is 6.65. The second-order valence-corrected chi connectivity index (χ2v) is 7.78. The van der Waals surface area contributed by atoms with E-state index in [2.05, 4.69) is 12.2 Å². The van der Waals surface area contributed by atoms with E-state index in [9.17, 15) is 0 Å². The number of ether oxygens (including phenoxy) is 1. The van der Waals surface area contributed by atoms with Gasteiger partial charge in [-0.3, -0.25) is 0 Å². The second-order valence-electron chi connectivity index (χ2n) is 6.70. The van der Waals surface area contributed by atoms with Gasteiger partial charge in [0.25, 0.3) is 0 Å². The van der Waals surface area contributed by atoms with Crippen molar-refractivity contribution >= 4 is 11.3 Å². The highest BCUT2D eigenvalue weighted by Crippen LogP contribution is 2.43. The molecule has 0 saturated heterocycles. The van der Waals surface area contributed by atoms with E-state index in [1.54, 1.807) is 12.0 Å². The summed E-state index contributed by atoms with van der Waals surface area (Å²) in [5, 5.41) is 5.12. The van der Waals surface area contributed by atoms with Crippen molar-refractivity contribution in [1.82, 2.24) is 10.3 Å². The SMILES string of the molecule is COCCNC(C)(c1nc2c(s1)CCCC2)C1CCCC1. The molecule has 118 valence electrons. The van der Waals surface area contributed by atoms with Crippen molar-refractivity contribution in [2.75, 3.05) is 20.3 Å². The predicted molar refractivity (Wildman–Crippen MR) is 87.9 cm³/mol. The molecule has 0 aliphatic heterocycles. The Morgan fingerprint density at radius 1 is 1.24 bits per heavy atom. The fourth-order valence-corrected chi connectivity index (χ4v) is 5.24. The van der Waals surface area contributed by atoms with Crippen molar-refractivity contribution in [2.24, 2.45) is 5.92 Å². The Bertz CT molecular complexity index is 444. The molecule has 0 bridgehead atoms. The topological polar surface area (TPSA) is 34.1 Å². The minimum absolute atomic E-state index is 0.0387. The fourth-order valence-electron chi connectivity index (χ4n) is 3.88. The molecular formula is C17H28N2OS. The number of aromatic nitrogens is 1. The summed E-state index contributed by atoms with van der Waals surface area (Å²) in [6.45, 7) is 4.06. The predicted octanol–water partition coefficient (Wildman–Crippen LogP) is 3.66. The lowest BCUT2D eigenvalue weighted by Crippen LogP contribution is -2.46. The van der Waals surface area contributed by atoms with E-state index in [0.717, 1.165) is 19.1 Å². The summed E-state index contributed by atoms with van der Waals surface area (Å²) in [6, 6.07) is 0. The highest BCUT2D eigenvalue weighted by molar-refractivity contribution is 7.11. The number of thiazole rings is 1. The van der Waals surface area contributed by atoms with E-state index in [4.69, 9.17) is 9.72 Å². The molecule has 0 spiro atoms. The molecule has 2 aliphatic rings. The first-order chi connectivity index (χ1) is 10.2. The van der Waals surface area contributed by atoms with Crippen molar-refractivity contribution in [3.63, 3.8) is 0 Å². The fraction of sp³-hybridized carbons (Fsp3) is 0.824. The normalized spacial score (nSPS) is 22.2. The van der Waals surface area contributed by atoms with Crippen LogP contribution in [-0.4, -0.2) is 25.2 Å². The Morgan fingerprint density at radius 3 is 2.71 bits per heavy atom. The summed E-state index contributed by atoms with van der Waals surface area (Å²) >= 11 is 1.97. The zero-order valence-electron chi connectivity index (χ0n) is 13.4. The number of hydrogen-bond donors (Lipinski definition) is 1. The number of methoxy groups -OCH3 is 1. The molecule has 3 rings (SSSR count). The minimum Gasteiger partial charge on any atom is -0.383 e. The molecule has 1 aromatic heterocycles. The van der Waals surface area contributed by atoms with Crippen LogP contribution in [0.5, 0.6) is 0 Å². The molecule has 3 nitrogen and oxygen atoms in total. The Kier molecular flexibility index (Phi) is 4.97. The average Bonchev–Trinajstić information content (AvgIpc) is 3.17. The Hall–Kier alpha value is -0.450. The van der Waals surface area contributed by atoms with Crippen LogP contribution in [0.25, 0.3) is 0 Å². The number of nitrogens with zero attached hydrogens (tertiary/aromatic N) is 1. The van der Waals surface area contributed by atoms with E-state index in [0.29, 0.717) is 0 Å². The molecule has 21 heavy (non-hydrogen) atoms. The van der Waals surface area contributed by atoms with Crippen LogP contribution in [0.15, 0.2) is 0 Å². The highest BCUT2D eigenvalue weighted by Gasteiger charge is 2.40. The van der Waals surface area contributed by atoms with Crippen LogP contribution >= 0.6 is 11.3 Å². The first-order valence-electron chi connectivity index (χ1n) is 8.47. The third kappa shape index (κ3) is 3.17. The Morgan fingerprint density at radius 2 is 2.00 bits per heavy atom. The van der Waals surface area contributed by atoms with Gasteiger partial charge in [-0.25, -0.2) is 4.98 Å². The molecule has 1 N–H and O–H groups in total. The number of fused-ring (bicyclic) bond motifs is 1. The van der Waals surface area contributed by atoms with Crippen molar-refractivity contribution in [1.29, 1.82) is 0 Å². The number of hydrogen-bond acceptors (Lipinski definition) is 4. The van der Waals surface area contributed by atoms with E-state index in [1.807, 2.05) is 11.3 Å². The zero-order valence-corrected chi connectivity index (χ0v) is 14.2. The maximum atomic E-state index is 5.24. The van der Waals surface area contributed by atoms with Crippen molar-refractivity contribution < 1.29 is 4.74 Å². The third-order valence-electron chi connectivity index (χ3n) is 5.26. The van der Waals surface area contributed by atoms with Gasteiger partial charge in [-0.1, -0.05) is 12.8 Å². The van der Waals surface area contributed by atoms with Gasteiger partial charge in [-0.15, -0.1) is 11.3 Å². The van der Waals surface area contributed by atoms with Crippen molar-refractivity contribution in [2.45, 2.75) is 63.8 Å². The zero-order chi connectivity index (χ0) is 14.7.